The molecule has 6 heteroatoms. The molecule has 0 bridgehead atoms. The Balaban J connectivity index is -0.000000223. The van der Waals surface area contributed by atoms with Crippen LogP contribution in [0.3, 0.4) is 0 Å². The van der Waals surface area contributed by atoms with E-state index < -0.39 is 0 Å². The van der Waals surface area contributed by atoms with Gasteiger partial charge in [-0.15, -0.1) is 0 Å². The second kappa shape index (κ2) is 26.8. The van der Waals surface area contributed by atoms with Crippen LogP contribution in [0.1, 0.15) is 40.5 Å². The van der Waals surface area contributed by atoms with Crippen LogP contribution < -0.4 is 0 Å². The van der Waals surface area contributed by atoms with Crippen molar-refractivity contribution in [2.45, 2.75) is 40.5 Å². The van der Waals surface area contributed by atoms with Gasteiger partial charge in [0.1, 0.15) is 0 Å². The van der Waals surface area contributed by atoms with E-state index >= 15 is 0 Å². The molecule has 0 saturated carbocycles. The molecule has 2 N–H and O–H groups in total. The number of aliphatic hydroxyl groups is 2. The molecule has 124 valence electrons. The van der Waals surface area contributed by atoms with Crippen molar-refractivity contribution in [1.29, 1.82) is 0 Å². The largest absolute Gasteiger partial charge is 0.466 e. The van der Waals surface area contributed by atoms with Crippen LogP contribution in [-0.2, 0) is 19.0 Å². The third-order valence-corrected chi connectivity index (χ3v) is 1.68. The van der Waals surface area contributed by atoms with Crippen LogP contribution in [0.5, 0.6) is 0 Å². The predicted molar refractivity (Wildman–Crippen MR) is 78.7 cm³/mol. The topological polar surface area (TPSA) is 85.2 Å². The molecule has 0 unspecified atom stereocenters. The molecule has 0 amide bonds. The van der Waals surface area contributed by atoms with Gasteiger partial charge in [0, 0.05) is 20.1 Å². The smallest absolute Gasteiger partial charge is 0.302 e. The third kappa shape index (κ3) is 43.3. The standard InChI is InChI=1S/C6H12O2.C4H10O3.C4H10O/c1-3-4-5-8-6(2)7;5-1-3-7-4-2-6;1-3-5-4-2/h3-5H2,1-2H3;5-6H,1-4H2;3-4H2,1-2H3. The number of carbonyl (C=O) groups is 1. The number of hydrogen-bond acceptors (Lipinski definition) is 6. The molecule has 0 rings (SSSR count). The minimum atomic E-state index is -0.182. The van der Waals surface area contributed by atoms with Crippen molar-refractivity contribution >= 4 is 5.97 Å². The molecule has 0 fully saturated rings. The van der Waals surface area contributed by atoms with E-state index in [0.717, 1.165) is 26.1 Å². The highest BCUT2D eigenvalue weighted by atomic mass is 16.5. The minimum absolute atomic E-state index is 0.0278. The second-order valence-electron chi connectivity index (χ2n) is 3.53. The SMILES string of the molecule is CCCCOC(C)=O.CCOCC.OCCOCCO. The molecular formula is C14H32O6. The van der Waals surface area contributed by atoms with E-state index in [0.29, 0.717) is 19.8 Å². The van der Waals surface area contributed by atoms with E-state index in [1.807, 2.05) is 13.8 Å². The van der Waals surface area contributed by atoms with Crippen molar-refractivity contribution < 1.29 is 29.2 Å². The number of unbranched alkanes of at least 4 members (excludes halogenated alkanes) is 1. The predicted octanol–water partition coefficient (Wildman–Crippen LogP) is 1.38. The van der Waals surface area contributed by atoms with E-state index in [4.69, 9.17) is 14.9 Å². The molecule has 0 heterocycles. The molecule has 0 atom stereocenters. The van der Waals surface area contributed by atoms with Gasteiger partial charge in [-0.2, -0.15) is 0 Å². The van der Waals surface area contributed by atoms with E-state index in [-0.39, 0.29) is 19.2 Å². The minimum Gasteiger partial charge on any atom is -0.466 e. The van der Waals surface area contributed by atoms with Crippen molar-refractivity contribution in [2.24, 2.45) is 0 Å². The van der Waals surface area contributed by atoms with Gasteiger partial charge >= 0.3 is 5.97 Å². The molecule has 0 radical (unpaired) electrons. The summed E-state index contributed by atoms with van der Waals surface area (Å²) >= 11 is 0. The quantitative estimate of drug-likeness (QED) is 0.494. The molecular weight excluding hydrogens is 264 g/mol. The molecule has 0 aromatic carbocycles. The lowest BCUT2D eigenvalue weighted by Gasteiger charge is -1.96. The van der Waals surface area contributed by atoms with Gasteiger partial charge in [-0.1, -0.05) is 13.3 Å². The lowest BCUT2D eigenvalue weighted by atomic mass is 10.4. The fourth-order valence-electron chi connectivity index (χ4n) is 0.796. The van der Waals surface area contributed by atoms with Crippen molar-refractivity contribution in [3.05, 3.63) is 0 Å². The van der Waals surface area contributed by atoms with Crippen LogP contribution >= 0.6 is 0 Å². The third-order valence-electron chi connectivity index (χ3n) is 1.68. The summed E-state index contributed by atoms with van der Waals surface area (Å²) in [4.78, 5) is 10.1. The molecule has 6 nitrogen and oxygen atoms in total. The highest BCUT2D eigenvalue weighted by Gasteiger charge is 1.88. The van der Waals surface area contributed by atoms with Crippen LogP contribution in [0.15, 0.2) is 0 Å². The summed E-state index contributed by atoms with van der Waals surface area (Å²) in [5, 5.41) is 16.2. The normalized spacial score (nSPS) is 8.90. The number of aliphatic hydroxyl groups excluding tert-OH is 2. The summed E-state index contributed by atoms with van der Waals surface area (Å²) in [5.41, 5.74) is 0. The van der Waals surface area contributed by atoms with Crippen LogP contribution in [0.4, 0.5) is 0 Å². The number of carbonyl (C=O) groups excluding carboxylic acids is 1. The summed E-state index contributed by atoms with van der Waals surface area (Å²) in [7, 11) is 0. The van der Waals surface area contributed by atoms with Crippen molar-refractivity contribution in [3.63, 3.8) is 0 Å². The van der Waals surface area contributed by atoms with Gasteiger partial charge in [-0.25, -0.2) is 0 Å². The Morgan fingerprint density at radius 1 is 0.900 bits per heavy atom. The first kappa shape index (κ1) is 24.3. The molecule has 0 aliphatic carbocycles. The lowest BCUT2D eigenvalue weighted by molar-refractivity contribution is -0.141. The summed E-state index contributed by atoms with van der Waals surface area (Å²) in [6.45, 7) is 10.4. The summed E-state index contributed by atoms with van der Waals surface area (Å²) < 4.78 is 14.1. The van der Waals surface area contributed by atoms with Crippen LogP contribution in [0, 0.1) is 0 Å². The van der Waals surface area contributed by atoms with E-state index in [1.54, 1.807) is 0 Å². The summed E-state index contributed by atoms with van der Waals surface area (Å²) in [5.74, 6) is -0.182. The number of ether oxygens (including phenoxy) is 3. The van der Waals surface area contributed by atoms with Crippen LogP contribution in [-0.4, -0.2) is 62.4 Å². The Morgan fingerprint density at radius 2 is 1.40 bits per heavy atom. The van der Waals surface area contributed by atoms with Crippen molar-refractivity contribution in [3.8, 4) is 0 Å². The van der Waals surface area contributed by atoms with E-state index in [1.165, 1.54) is 6.92 Å². The van der Waals surface area contributed by atoms with Crippen molar-refractivity contribution in [1.82, 2.24) is 0 Å². The lowest BCUT2D eigenvalue weighted by Crippen LogP contribution is -2.03. The second-order valence-corrected chi connectivity index (χ2v) is 3.53. The average Bonchev–Trinajstić information content (AvgIpc) is 2.42. The molecule has 0 aromatic heterocycles. The average molecular weight is 296 g/mol. The Labute approximate surface area is 123 Å². The fraction of sp³-hybridized carbons (Fsp3) is 0.929. The zero-order valence-electron chi connectivity index (χ0n) is 13.4. The zero-order valence-corrected chi connectivity index (χ0v) is 13.4. The summed E-state index contributed by atoms with van der Waals surface area (Å²) in [6, 6.07) is 0. The maximum atomic E-state index is 10.1. The Hall–Kier alpha value is -0.690. The number of esters is 1. The summed E-state index contributed by atoms with van der Waals surface area (Å²) in [6.07, 6.45) is 2.05. The highest BCUT2D eigenvalue weighted by Crippen LogP contribution is 1.86. The van der Waals surface area contributed by atoms with Gasteiger partial charge < -0.3 is 24.4 Å². The zero-order chi connectivity index (χ0) is 16.1. The van der Waals surface area contributed by atoms with Gasteiger partial charge in [0.15, 0.2) is 0 Å². The van der Waals surface area contributed by atoms with Gasteiger partial charge in [0.25, 0.3) is 0 Å². The monoisotopic (exact) mass is 296 g/mol. The molecule has 0 aliphatic heterocycles. The maximum absolute atomic E-state index is 10.1. The van der Waals surface area contributed by atoms with Gasteiger partial charge in [0.2, 0.25) is 0 Å². The van der Waals surface area contributed by atoms with Crippen LogP contribution in [0.2, 0.25) is 0 Å². The first-order valence-electron chi connectivity index (χ1n) is 7.11. The van der Waals surface area contributed by atoms with Gasteiger partial charge in [-0.05, 0) is 20.3 Å². The first-order valence-corrected chi connectivity index (χ1v) is 7.11. The number of rotatable bonds is 9. The molecule has 0 saturated heterocycles. The molecule has 0 aromatic rings. The Bertz CT molecular complexity index is 158. The maximum Gasteiger partial charge on any atom is 0.302 e. The Kier molecular flexibility index (Phi) is 32.6. The number of hydrogen-bond donors (Lipinski definition) is 2. The molecule has 20 heavy (non-hydrogen) atoms. The first-order chi connectivity index (χ1) is 9.60. The Morgan fingerprint density at radius 3 is 1.65 bits per heavy atom. The fourth-order valence-corrected chi connectivity index (χ4v) is 0.796. The highest BCUT2D eigenvalue weighted by molar-refractivity contribution is 5.65. The van der Waals surface area contributed by atoms with Gasteiger partial charge in [0.05, 0.1) is 33.0 Å². The van der Waals surface area contributed by atoms with Gasteiger partial charge in [-0.3, -0.25) is 4.79 Å². The van der Waals surface area contributed by atoms with E-state index in [9.17, 15) is 4.79 Å². The van der Waals surface area contributed by atoms with Crippen LogP contribution in [0.25, 0.3) is 0 Å². The molecule has 0 aliphatic rings. The van der Waals surface area contributed by atoms with Crippen molar-refractivity contribution in [2.75, 3.05) is 46.2 Å². The van der Waals surface area contributed by atoms with E-state index in [2.05, 4.69) is 16.4 Å². The molecule has 0 spiro atoms.